The van der Waals surface area contributed by atoms with Crippen LogP contribution >= 0.6 is 23.3 Å². The van der Waals surface area contributed by atoms with Crippen molar-refractivity contribution in [2.75, 3.05) is 5.32 Å². The Kier molecular flexibility index (Phi) is 3.86. The molecule has 0 spiro atoms. The van der Waals surface area contributed by atoms with Crippen molar-refractivity contribution in [3.05, 3.63) is 52.5 Å². The number of nitrogens with one attached hydrogen (secondary N) is 1. The average molecular weight is 318 g/mol. The van der Waals surface area contributed by atoms with Crippen LogP contribution in [0.5, 0.6) is 0 Å². The number of fused-ring (bicyclic) bond motifs is 1. The van der Waals surface area contributed by atoms with Crippen LogP contribution in [0.25, 0.3) is 11.0 Å². The van der Waals surface area contributed by atoms with E-state index in [2.05, 4.69) is 14.1 Å². The van der Waals surface area contributed by atoms with Crippen LogP contribution in [-0.2, 0) is 11.2 Å². The zero-order valence-electron chi connectivity index (χ0n) is 11.3. The molecule has 4 nitrogen and oxygen atoms in total. The van der Waals surface area contributed by atoms with E-state index in [-0.39, 0.29) is 5.91 Å². The number of carbonyl (C=O) groups excluding carboxylic acids is 1. The molecule has 1 heterocycles. The molecule has 0 radical (unpaired) electrons. The molecule has 0 saturated carbocycles. The van der Waals surface area contributed by atoms with Gasteiger partial charge in [0.25, 0.3) is 0 Å². The minimum atomic E-state index is -0.0825. The van der Waals surface area contributed by atoms with Crippen LogP contribution in [0.2, 0.25) is 5.02 Å². The Morgan fingerprint density at radius 2 is 1.95 bits per heavy atom. The highest BCUT2D eigenvalue weighted by atomic mass is 35.5. The molecule has 3 aromatic rings. The molecular weight excluding hydrogens is 306 g/mol. The molecular formula is C15H12ClN3OS. The summed E-state index contributed by atoms with van der Waals surface area (Å²) in [6.07, 6.45) is 0.296. The summed E-state index contributed by atoms with van der Waals surface area (Å²) in [5, 5.41) is 3.60. The minimum Gasteiger partial charge on any atom is -0.324 e. The van der Waals surface area contributed by atoms with E-state index < -0.39 is 0 Å². The summed E-state index contributed by atoms with van der Waals surface area (Å²) < 4.78 is 8.44. The number of aromatic nitrogens is 2. The minimum absolute atomic E-state index is 0.0825. The highest BCUT2D eigenvalue weighted by molar-refractivity contribution is 7.00. The van der Waals surface area contributed by atoms with Gasteiger partial charge in [0.05, 0.1) is 23.8 Å². The normalized spacial score (nSPS) is 10.8. The molecule has 0 bridgehead atoms. The lowest BCUT2D eigenvalue weighted by Gasteiger charge is -2.09. The fraction of sp³-hybridized carbons (Fsp3) is 0.133. The molecule has 0 aliphatic heterocycles. The average Bonchev–Trinajstić information content (AvgIpc) is 2.93. The Hall–Kier alpha value is -1.98. The number of amides is 1. The maximum atomic E-state index is 12.2. The summed E-state index contributed by atoms with van der Waals surface area (Å²) in [6, 6.07) is 11.1. The van der Waals surface area contributed by atoms with Gasteiger partial charge in [0.1, 0.15) is 11.0 Å². The van der Waals surface area contributed by atoms with E-state index in [0.717, 1.165) is 39.6 Å². The quantitative estimate of drug-likeness (QED) is 0.798. The van der Waals surface area contributed by atoms with Gasteiger partial charge in [-0.05, 0) is 36.2 Å². The van der Waals surface area contributed by atoms with Gasteiger partial charge in [0, 0.05) is 5.02 Å². The van der Waals surface area contributed by atoms with Gasteiger partial charge in [-0.25, -0.2) is 0 Å². The molecule has 0 atom stereocenters. The maximum Gasteiger partial charge on any atom is 0.228 e. The van der Waals surface area contributed by atoms with Gasteiger partial charge >= 0.3 is 0 Å². The lowest BCUT2D eigenvalue weighted by atomic mass is 10.1. The molecule has 0 unspecified atom stereocenters. The van der Waals surface area contributed by atoms with Gasteiger partial charge in [0.2, 0.25) is 5.91 Å². The van der Waals surface area contributed by atoms with Crippen molar-refractivity contribution in [1.29, 1.82) is 0 Å². The Bertz CT molecular complexity index is 798. The predicted molar refractivity (Wildman–Crippen MR) is 85.9 cm³/mol. The molecule has 1 aromatic heterocycles. The molecule has 21 heavy (non-hydrogen) atoms. The van der Waals surface area contributed by atoms with Crippen molar-refractivity contribution in [2.45, 2.75) is 13.3 Å². The number of carbonyl (C=O) groups is 1. The van der Waals surface area contributed by atoms with Crippen molar-refractivity contribution in [2.24, 2.45) is 0 Å². The number of aryl methyl sites for hydroxylation is 1. The van der Waals surface area contributed by atoms with E-state index in [1.165, 1.54) is 0 Å². The molecule has 2 aromatic carbocycles. The second kappa shape index (κ2) is 5.79. The summed E-state index contributed by atoms with van der Waals surface area (Å²) >= 11 is 6.98. The summed E-state index contributed by atoms with van der Waals surface area (Å²) in [5.74, 6) is -0.0825. The van der Waals surface area contributed by atoms with Crippen molar-refractivity contribution < 1.29 is 4.79 Å². The standard InChI is InChI=1S/C15H12ClN3OS/c1-9-2-7-12-15(19-21-18-12)14(9)17-13(20)8-10-3-5-11(16)6-4-10/h2-7H,8H2,1H3,(H,17,20). The van der Waals surface area contributed by atoms with Crippen LogP contribution in [0.1, 0.15) is 11.1 Å². The zero-order valence-corrected chi connectivity index (χ0v) is 12.8. The lowest BCUT2D eigenvalue weighted by molar-refractivity contribution is -0.115. The number of nitrogens with zero attached hydrogens (tertiary/aromatic N) is 2. The number of halogens is 1. The van der Waals surface area contributed by atoms with E-state index in [4.69, 9.17) is 11.6 Å². The van der Waals surface area contributed by atoms with E-state index >= 15 is 0 Å². The van der Waals surface area contributed by atoms with Crippen molar-refractivity contribution in [3.63, 3.8) is 0 Å². The molecule has 0 saturated heterocycles. The lowest BCUT2D eigenvalue weighted by Crippen LogP contribution is -2.15. The van der Waals surface area contributed by atoms with Crippen LogP contribution in [0.15, 0.2) is 36.4 Å². The highest BCUT2D eigenvalue weighted by Crippen LogP contribution is 2.25. The van der Waals surface area contributed by atoms with E-state index in [1.54, 1.807) is 12.1 Å². The smallest absolute Gasteiger partial charge is 0.228 e. The summed E-state index contributed by atoms with van der Waals surface area (Å²) in [7, 11) is 0. The maximum absolute atomic E-state index is 12.2. The second-order valence-corrected chi connectivity index (χ2v) is 5.71. The predicted octanol–water partition coefficient (Wildman–Crippen LogP) is 3.83. The molecule has 106 valence electrons. The SMILES string of the molecule is Cc1ccc2nsnc2c1NC(=O)Cc1ccc(Cl)cc1. The molecule has 1 N–H and O–H groups in total. The fourth-order valence-corrected chi connectivity index (χ4v) is 2.75. The monoisotopic (exact) mass is 317 g/mol. The van der Waals surface area contributed by atoms with Crippen LogP contribution in [0.4, 0.5) is 5.69 Å². The molecule has 0 aliphatic carbocycles. The number of benzene rings is 2. The number of hydrogen-bond acceptors (Lipinski definition) is 4. The number of hydrogen-bond donors (Lipinski definition) is 1. The third kappa shape index (κ3) is 3.04. The van der Waals surface area contributed by atoms with Gasteiger partial charge in [-0.1, -0.05) is 29.8 Å². The van der Waals surface area contributed by atoms with Crippen LogP contribution in [0, 0.1) is 6.92 Å². The van der Waals surface area contributed by atoms with Crippen LogP contribution in [-0.4, -0.2) is 14.7 Å². The first kappa shape index (κ1) is 14.0. The van der Waals surface area contributed by atoms with Crippen molar-refractivity contribution >= 4 is 46.0 Å². The first-order valence-electron chi connectivity index (χ1n) is 6.39. The first-order chi connectivity index (χ1) is 10.1. The Morgan fingerprint density at radius 1 is 1.19 bits per heavy atom. The summed E-state index contributed by atoms with van der Waals surface area (Å²) in [6.45, 7) is 1.94. The second-order valence-electron chi connectivity index (χ2n) is 4.74. The molecule has 1 amide bonds. The fourth-order valence-electron chi connectivity index (χ4n) is 2.08. The largest absolute Gasteiger partial charge is 0.324 e. The Labute approximate surface area is 131 Å². The van der Waals surface area contributed by atoms with Crippen molar-refractivity contribution in [3.8, 4) is 0 Å². The third-order valence-electron chi connectivity index (χ3n) is 3.18. The molecule has 6 heteroatoms. The van der Waals surface area contributed by atoms with Gasteiger partial charge in [0.15, 0.2) is 0 Å². The van der Waals surface area contributed by atoms with Crippen molar-refractivity contribution in [1.82, 2.24) is 8.75 Å². The summed E-state index contributed by atoms with van der Waals surface area (Å²) in [4.78, 5) is 12.2. The van der Waals surface area contributed by atoms with Gasteiger partial charge in [-0.3, -0.25) is 4.79 Å². The third-order valence-corrected chi connectivity index (χ3v) is 3.97. The molecule has 0 fully saturated rings. The number of anilines is 1. The van der Waals surface area contributed by atoms with Crippen LogP contribution in [0.3, 0.4) is 0 Å². The number of rotatable bonds is 3. The molecule has 0 aliphatic rings. The topological polar surface area (TPSA) is 54.9 Å². The van der Waals surface area contributed by atoms with Gasteiger partial charge < -0.3 is 5.32 Å². The Morgan fingerprint density at radius 3 is 2.71 bits per heavy atom. The van der Waals surface area contributed by atoms with E-state index in [0.29, 0.717) is 11.4 Å². The van der Waals surface area contributed by atoms with Gasteiger partial charge in [-0.15, -0.1) is 0 Å². The zero-order chi connectivity index (χ0) is 14.8. The molecule has 3 rings (SSSR count). The summed E-state index contributed by atoms with van der Waals surface area (Å²) in [5.41, 5.74) is 4.16. The van der Waals surface area contributed by atoms with Gasteiger partial charge in [-0.2, -0.15) is 8.75 Å². The first-order valence-corrected chi connectivity index (χ1v) is 7.50. The highest BCUT2D eigenvalue weighted by Gasteiger charge is 2.12. The van der Waals surface area contributed by atoms with E-state index in [9.17, 15) is 4.79 Å². The van der Waals surface area contributed by atoms with E-state index in [1.807, 2.05) is 31.2 Å². The Balaban J connectivity index is 1.81. The van der Waals surface area contributed by atoms with Crippen LogP contribution < -0.4 is 5.32 Å².